The molecule has 2 aromatic heterocycles. The molecule has 2 atom stereocenters. The minimum absolute atomic E-state index is 0.0463. The van der Waals surface area contributed by atoms with Crippen LogP contribution < -0.4 is 20.5 Å². The Morgan fingerprint density at radius 1 is 1.21 bits per heavy atom. The number of fused-ring (bicyclic) bond motifs is 2. The monoisotopic (exact) mass is 676 g/mol. The van der Waals surface area contributed by atoms with Gasteiger partial charge in [-0.3, -0.25) is 14.6 Å². The summed E-state index contributed by atoms with van der Waals surface area (Å²) in [5.41, 5.74) is -1.23. The molecule has 4 aromatic rings. The van der Waals surface area contributed by atoms with E-state index in [0.717, 1.165) is 18.2 Å². The molecule has 2 amide bonds. The molecule has 2 aliphatic rings. The van der Waals surface area contributed by atoms with Crippen molar-refractivity contribution in [3.05, 3.63) is 81.6 Å². The normalized spacial score (nSPS) is 19.2. The number of aromatic nitrogens is 2. The Bertz CT molecular complexity index is 1980. The van der Waals surface area contributed by atoms with Gasteiger partial charge < -0.3 is 25.6 Å². The SMILES string of the molecule is Cc1cnc2c(OC(F)F)cc(C(=O)NC[C@](O)(c3cc4c(c(-c5ccc(F)c(Cl)c5F)n3)OC[C@]4(C)C(N)=O)C3(F)CC3)cc2c1. The van der Waals surface area contributed by atoms with Crippen LogP contribution in [-0.2, 0) is 15.8 Å². The van der Waals surface area contributed by atoms with E-state index in [0.29, 0.717) is 10.9 Å². The summed E-state index contributed by atoms with van der Waals surface area (Å²) in [5, 5.41) is 13.9. The number of nitrogens with zero attached hydrogens (tertiary/aromatic N) is 2. The zero-order valence-electron chi connectivity index (χ0n) is 24.8. The van der Waals surface area contributed by atoms with Crippen LogP contribution >= 0.6 is 11.6 Å². The van der Waals surface area contributed by atoms with Gasteiger partial charge in [0.15, 0.2) is 17.2 Å². The lowest BCUT2D eigenvalue weighted by Gasteiger charge is -2.33. The van der Waals surface area contributed by atoms with Crippen LogP contribution in [0.15, 0.2) is 42.6 Å². The summed E-state index contributed by atoms with van der Waals surface area (Å²) in [6, 6.07) is 7.10. The minimum atomic E-state index is -3.22. The van der Waals surface area contributed by atoms with E-state index in [-0.39, 0.29) is 58.8 Å². The molecule has 4 N–H and O–H groups in total. The number of nitrogens with one attached hydrogen (secondary N) is 1. The number of primary amides is 1. The van der Waals surface area contributed by atoms with Crippen molar-refractivity contribution in [2.75, 3.05) is 13.2 Å². The molecule has 3 heterocycles. The molecule has 47 heavy (non-hydrogen) atoms. The molecule has 0 radical (unpaired) electrons. The molecule has 2 aromatic carbocycles. The van der Waals surface area contributed by atoms with E-state index in [1.165, 1.54) is 25.3 Å². The molecule has 9 nitrogen and oxygen atoms in total. The molecule has 0 spiro atoms. The second-order valence-electron chi connectivity index (χ2n) is 11.9. The van der Waals surface area contributed by atoms with Gasteiger partial charge in [-0.05, 0) is 68.7 Å². The third-order valence-corrected chi connectivity index (χ3v) is 8.98. The lowest BCUT2D eigenvalue weighted by Crippen LogP contribution is -2.49. The van der Waals surface area contributed by atoms with E-state index in [2.05, 4.69) is 20.0 Å². The second-order valence-corrected chi connectivity index (χ2v) is 12.3. The van der Waals surface area contributed by atoms with Crippen LogP contribution in [0.3, 0.4) is 0 Å². The summed E-state index contributed by atoms with van der Waals surface area (Å²) < 4.78 is 82.2. The second kappa shape index (κ2) is 11.3. The summed E-state index contributed by atoms with van der Waals surface area (Å²) in [5.74, 6) is -4.52. The number of carbonyl (C=O) groups is 2. The maximum Gasteiger partial charge on any atom is 0.387 e. The summed E-state index contributed by atoms with van der Waals surface area (Å²) in [6.45, 7) is -1.19. The van der Waals surface area contributed by atoms with Gasteiger partial charge in [-0.2, -0.15) is 8.78 Å². The Kier molecular flexibility index (Phi) is 7.79. The summed E-state index contributed by atoms with van der Waals surface area (Å²) >= 11 is 5.83. The Labute approximate surface area is 268 Å². The molecule has 1 fully saturated rings. The number of aryl methyl sites for hydroxylation is 1. The Balaban J connectivity index is 1.44. The molecule has 0 bridgehead atoms. The van der Waals surface area contributed by atoms with Crippen molar-refractivity contribution in [1.29, 1.82) is 0 Å². The number of rotatable bonds is 9. The fraction of sp³-hybridized carbons (Fsp3) is 0.312. The van der Waals surface area contributed by atoms with Gasteiger partial charge in [0, 0.05) is 28.3 Å². The summed E-state index contributed by atoms with van der Waals surface area (Å²) in [7, 11) is 0. The Morgan fingerprint density at radius 2 is 1.94 bits per heavy atom. The highest BCUT2D eigenvalue weighted by Crippen LogP contribution is 2.55. The average molecular weight is 677 g/mol. The van der Waals surface area contributed by atoms with Gasteiger partial charge in [0.1, 0.15) is 45.5 Å². The maximum absolute atomic E-state index is 16.2. The molecule has 1 aliphatic heterocycles. The van der Waals surface area contributed by atoms with E-state index in [1.807, 2.05) is 0 Å². The highest BCUT2D eigenvalue weighted by atomic mass is 35.5. The molecular weight excluding hydrogens is 651 g/mol. The zero-order valence-corrected chi connectivity index (χ0v) is 25.5. The van der Waals surface area contributed by atoms with Crippen LogP contribution in [0.25, 0.3) is 22.2 Å². The van der Waals surface area contributed by atoms with Crippen molar-refractivity contribution in [3.63, 3.8) is 0 Å². The summed E-state index contributed by atoms with van der Waals surface area (Å²) in [4.78, 5) is 34.4. The van der Waals surface area contributed by atoms with Crippen molar-refractivity contribution in [2.45, 2.75) is 50.0 Å². The van der Waals surface area contributed by atoms with Gasteiger partial charge in [-0.25, -0.2) is 18.2 Å². The predicted molar refractivity (Wildman–Crippen MR) is 159 cm³/mol. The maximum atomic E-state index is 16.2. The molecule has 0 unspecified atom stereocenters. The number of hydrogen-bond donors (Lipinski definition) is 3. The number of nitrogens with two attached hydrogens (primary N) is 1. The van der Waals surface area contributed by atoms with E-state index in [1.54, 1.807) is 13.0 Å². The van der Waals surface area contributed by atoms with Gasteiger partial charge >= 0.3 is 6.61 Å². The highest BCUT2D eigenvalue weighted by molar-refractivity contribution is 6.31. The van der Waals surface area contributed by atoms with Crippen molar-refractivity contribution in [3.8, 4) is 22.8 Å². The number of pyridine rings is 2. The smallest absolute Gasteiger partial charge is 0.387 e. The van der Waals surface area contributed by atoms with Gasteiger partial charge in [0.05, 0.1) is 12.2 Å². The van der Waals surface area contributed by atoms with Crippen molar-refractivity contribution in [2.24, 2.45) is 5.73 Å². The van der Waals surface area contributed by atoms with E-state index in [4.69, 9.17) is 22.1 Å². The van der Waals surface area contributed by atoms with Gasteiger partial charge in [-0.15, -0.1) is 0 Å². The van der Waals surface area contributed by atoms with Crippen molar-refractivity contribution in [1.82, 2.24) is 15.3 Å². The molecular formula is C32H26ClF5N4O5. The standard InChI is InChI=1S/C32H26ClF5N4O5/c1-14-7-15-8-16(9-20(47-29(36)37)24(15)40-11-14)27(43)41-12-32(45,31(38)5-6-31)21-10-18-26(46-13-30(18,2)28(39)44)25(42-21)17-3-4-19(34)22(33)23(17)35/h3-4,7-11,29,45H,5-6,12-13H2,1-2H3,(H2,39,44)(H,41,43)/t30-,32-/m0/s1. The van der Waals surface area contributed by atoms with Crippen LogP contribution in [-0.4, -0.2) is 52.3 Å². The van der Waals surface area contributed by atoms with Crippen molar-refractivity contribution < 1.29 is 46.1 Å². The number of carbonyl (C=O) groups excluding carboxylic acids is 2. The van der Waals surface area contributed by atoms with Crippen LogP contribution in [0.1, 0.15) is 46.9 Å². The van der Waals surface area contributed by atoms with Crippen LogP contribution in [0, 0.1) is 18.6 Å². The number of benzene rings is 2. The number of aliphatic hydroxyl groups is 1. The number of alkyl halides is 3. The predicted octanol–water partition coefficient (Wildman–Crippen LogP) is 5.39. The van der Waals surface area contributed by atoms with E-state index >= 15 is 8.78 Å². The van der Waals surface area contributed by atoms with Crippen LogP contribution in [0.5, 0.6) is 11.5 Å². The number of amides is 2. The quantitative estimate of drug-likeness (QED) is 0.160. The number of hydrogen-bond acceptors (Lipinski definition) is 7. The number of halogens is 6. The van der Waals surface area contributed by atoms with Crippen LogP contribution in [0.2, 0.25) is 5.02 Å². The van der Waals surface area contributed by atoms with Gasteiger partial charge in [0.2, 0.25) is 5.91 Å². The molecule has 246 valence electrons. The van der Waals surface area contributed by atoms with Crippen LogP contribution in [0.4, 0.5) is 22.0 Å². The van der Waals surface area contributed by atoms with Gasteiger partial charge in [-0.1, -0.05) is 11.6 Å². The van der Waals surface area contributed by atoms with Gasteiger partial charge in [0.25, 0.3) is 5.91 Å². The Morgan fingerprint density at radius 3 is 2.60 bits per heavy atom. The Hall–Kier alpha value is -4.56. The zero-order chi connectivity index (χ0) is 34.1. The van der Waals surface area contributed by atoms with E-state index in [9.17, 15) is 27.9 Å². The number of ether oxygens (including phenoxy) is 2. The molecule has 1 aliphatic carbocycles. The minimum Gasteiger partial charge on any atom is -0.489 e. The summed E-state index contributed by atoms with van der Waals surface area (Å²) in [6.07, 6.45) is 1.14. The third-order valence-electron chi connectivity index (χ3n) is 8.63. The molecule has 0 saturated heterocycles. The lowest BCUT2D eigenvalue weighted by atomic mass is 9.80. The van der Waals surface area contributed by atoms with Crippen molar-refractivity contribution >= 4 is 34.3 Å². The topological polar surface area (TPSA) is 137 Å². The largest absolute Gasteiger partial charge is 0.489 e. The first-order valence-corrected chi connectivity index (χ1v) is 14.6. The first kappa shape index (κ1) is 32.4. The fourth-order valence-corrected chi connectivity index (χ4v) is 5.81. The third kappa shape index (κ3) is 5.38. The highest BCUT2D eigenvalue weighted by Gasteiger charge is 2.62. The van der Waals surface area contributed by atoms with E-state index < -0.39 is 64.0 Å². The molecule has 6 rings (SSSR count). The first-order chi connectivity index (χ1) is 22.1. The molecule has 15 heteroatoms. The average Bonchev–Trinajstić information content (AvgIpc) is 3.69. The first-order valence-electron chi connectivity index (χ1n) is 14.3. The molecule has 1 saturated carbocycles. The lowest BCUT2D eigenvalue weighted by molar-refractivity contribution is -0.123. The fourth-order valence-electron chi connectivity index (χ4n) is 5.65.